The average molecular weight is 619 g/mol. The molecule has 6 rings (SSSR count). The van der Waals surface area contributed by atoms with Gasteiger partial charge in [-0.3, -0.25) is 9.36 Å². The summed E-state index contributed by atoms with van der Waals surface area (Å²) in [5.74, 6) is -1.81. The normalized spacial score (nSPS) is 13.9. The van der Waals surface area contributed by atoms with Crippen molar-refractivity contribution in [3.8, 4) is 16.1 Å². The van der Waals surface area contributed by atoms with Crippen LogP contribution in [0.5, 0.6) is 0 Å². The first-order chi connectivity index (χ1) is 20.0. The molecular formula is C28H26ClF3N6O3S. The van der Waals surface area contributed by atoms with Crippen LogP contribution >= 0.6 is 22.9 Å². The van der Waals surface area contributed by atoms with Crippen molar-refractivity contribution >= 4 is 50.3 Å². The standard InChI is InChI=1S/C26H25ClN6OS.C2HF3O2/c1-17-30-22-13-20(15-28-25(22)32(17)12-4-11-31-9-2-3-10-31)33-16-29-21-14-23(35-24(21)26(33)34)18-5-7-19(27)8-6-18;3-2(4,5)1(6)7/h5-8,13-16H,2-4,9-12H2,1H3;(H,6,7). The monoisotopic (exact) mass is 618 g/mol. The highest BCUT2D eigenvalue weighted by atomic mass is 35.5. The van der Waals surface area contributed by atoms with Crippen LogP contribution in [0.25, 0.3) is 37.5 Å². The molecule has 0 aliphatic carbocycles. The Balaban J connectivity index is 0.000000451. The Hall–Kier alpha value is -3.81. The number of nitrogens with zero attached hydrogens (tertiary/aromatic N) is 6. The molecule has 1 fully saturated rings. The third-order valence-corrected chi connectivity index (χ3v) is 8.32. The van der Waals surface area contributed by atoms with Gasteiger partial charge in [0.2, 0.25) is 0 Å². The van der Waals surface area contributed by atoms with Crippen LogP contribution in [0.15, 0.2) is 53.7 Å². The highest BCUT2D eigenvalue weighted by Gasteiger charge is 2.38. The Kier molecular flexibility index (Phi) is 8.62. The number of carboxylic acid groups (broad SMARTS) is 1. The first-order valence-corrected chi connectivity index (χ1v) is 14.3. The molecule has 5 aromatic rings. The Morgan fingerprint density at radius 3 is 2.43 bits per heavy atom. The molecule has 14 heteroatoms. The molecule has 220 valence electrons. The summed E-state index contributed by atoms with van der Waals surface area (Å²) in [6.07, 6.45) is 1.93. The van der Waals surface area contributed by atoms with E-state index in [1.807, 2.05) is 43.3 Å². The van der Waals surface area contributed by atoms with E-state index in [1.165, 1.54) is 37.3 Å². The maximum atomic E-state index is 13.4. The number of aromatic nitrogens is 5. The number of imidazole rings is 1. The number of carboxylic acids is 1. The van der Waals surface area contributed by atoms with Crippen LogP contribution in [0.4, 0.5) is 13.2 Å². The molecule has 0 atom stereocenters. The van der Waals surface area contributed by atoms with E-state index in [9.17, 15) is 18.0 Å². The molecule has 1 N–H and O–H groups in total. The van der Waals surface area contributed by atoms with Gasteiger partial charge in [0.25, 0.3) is 5.56 Å². The quantitative estimate of drug-likeness (QED) is 0.251. The van der Waals surface area contributed by atoms with Crippen LogP contribution in [-0.2, 0) is 11.3 Å². The van der Waals surface area contributed by atoms with Gasteiger partial charge in [0.15, 0.2) is 5.65 Å². The van der Waals surface area contributed by atoms with E-state index in [0.717, 1.165) is 46.9 Å². The first-order valence-electron chi connectivity index (χ1n) is 13.1. The van der Waals surface area contributed by atoms with Crippen molar-refractivity contribution in [2.24, 2.45) is 0 Å². The minimum atomic E-state index is -5.08. The summed E-state index contributed by atoms with van der Waals surface area (Å²) in [4.78, 5) is 39.8. The number of hydrogen-bond donors (Lipinski definition) is 1. The Morgan fingerprint density at radius 1 is 1.07 bits per heavy atom. The summed E-state index contributed by atoms with van der Waals surface area (Å²) >= 11 is 7.46. The number of carbonyl (C=O) groups is 1. The number of aryl methyl sites for hydroxylation is 2. The number of halogens is 4. The largest absolute Gasteiger partial charge is 0.490 e. The maximum Gasteiger partial charge on any atom is 0.490 e. The van der Waals surface area contributed by atoms with Crippen LogP contribution < -0.4 is 5.56 Å². The number of aliphatic carboxylic acids is 1. The molecule has 1 aromatic carbocycles. The van der Waals surface area contributed by atoms with E-state index in [4.69, 9.17) is 31.5 Å². The van der Waals surface area contributed by atoms with Crippen molar-refractivity contribution in [1.82, 2.24) is 29.0 Å². The molecule has 0 saturated carbocycles. The number of benzene rings is 1. The first kappa shape index (κ1) is 29.7. The number of alkyl halides is 3. The maximum absolute atomic E-state index is 13.4. The SMILES string of the molecule is Cc1nc2cc(-n3cnc4cc(-c5ccc(Cl)cc5)sc4c3=O)cnc2n1CCCN1CCCC1.O=C(O)C(F)(F)F. The third kappa shape index (κ3) is 6.48. The molecule has 0 bridgehead atoms. The Labute approximate surface area is 246 Å². The van der Waals surface area contributed by atoms with E-state index < -0.39 is 12.1 Å². The highest BCUT2D eigenvalue weighted by Crippen LogP contribution is 2.31. The predicted molar refractivity (Wildman–Crippen MR) is 155 cm³/mol. The van der Waals surface area contributed by atoms with Crippen LogP contribution in [0.3, 0.4) is 0 Å². The fraction of sp³-hybridized carbons (Fsp3) is 0.321. The minimum Gasteiger partial charge on any atom is -0.475 e. The molecule has 0 spiro atoms. The second kappa shape index (κ2) is 12.2. The highest BCUT2D eigenvalue weighted by molar-refractivity contribution is 7.22. The van der Waals surface area contributed by atoms with Gasteiger partial charge in [-0.25, -0.2) is 19.7 Å². The lowest BCUT2D eigenvalue weighted by Gasteiger charge is -2.14. The third-order valence-electron chi connectivity index (χ3n) is 6.90. The van der Waals surface area contributed by atoms with Crippen LogP contribution in [-0.4, -0.2) is 65.9 Å². The summed E-state index contributed by atoms with van der Waals surface area (Å²) in [6.45, 7) is 6.44. The molecule has 0 unspecified atom stereocenters. The second-order valence-electron chi connectivity index (χ2n) is 9.80. The predicted octanol–water partition coefficient (Wildman–Crippen LogP) is 5.94. The van der Waals surface area contributed by atoms with E-state index in [0.29, 0.717) is 20.9 Å². The van der Waals surface area contributed by atoms with Crippen molar-refractivity contribution in [2.45, 2.75) is 38.9 Å². The van der Waals surface area contributed by atoms with E-state index >= 15 is 0 Å². The molecular weight excluding hydrogens is 593 g/mol. The molecule has 4 aromatic heterocycles. The lowest BCUT2D eigenvalue weighted by molar-refractivity contribution is -0.192. The van der Waals surface area contributed by atoms with Gasteiger partial charge in [-0.15, -0.1) is 11.3 Å². The number of hydrogen-bond acceptors (Lipinski definition) is 7. The van der Waals surface area contributed by atoms with Crippen molar-refractivity contribution in [3.63, 3.8) is 0 Å². The average Bonchev–Trinajstić information content (AvgIpc) is 3.68. The smallest absolute Gasteiger partial charge is 0.475 e. The molecule has 5 heterocycles. The van der Waals surface area contributed by atoms with E-state index in [-0.39, 0.29) is 5.56 Å². The van der Waals surface area contributed by atoms with Crippen molar-refractivity contribution < 1.29 is 23.1 Å². The second-order valence-corrected chi connectivity index (χ2v) is 11.3. The number of pyridine rings is 1. The molecule has 0 amide bonds. The Bertz CT molecular complexity index is 1790. The van der Waals surface area contributed by atoms with Gasteiger partial charge in [-0.2, -0.15) is 13.2 Å². The molecule has 1 aliphatic heterocycles. The van der Waals surface area contributed by atoms with Crippen molar-refractivity contribution in [1.29, 1.82) is 0 Å². The number of likely N-dealkylation sites (tertiary alicyclic amines) is 1. The van der Waals surface area contributed by atoms with Gasteiger partial charge in [-0.1, -0.05) is 23.7 Å². The number of rotatable bonds is 6. The lowest BCUT2D eigenvalue weighted by atomic mass is 10.2. The van der Waals surface area contributed by atoms with Crippen molar-refractivity contribution in [3.05, 3.63) is 70.1 Å². The topological polar surface area (TPSA) is 106 Å². The lowest BCUT2D eigenvalue weighted by Crippen LogP contribution is -2.21. The minimum absolute atomic E-state index is 0.108. The summed E-state index contributed by atoms with van der Waals surface area (Å²) in [7, 11) is 0. The van der Waals surface area contributed by atoms with Crippen LogP contribution in [0.1, 0.15) is 25.1 Å². The molecule has 1 saturated heterocycles. The summed E-state index contributed by atoms with van der Waals surface area (Å²) in [5, 5.41) is 7.81. The fourth-order valence-electron chi connectivity index (χ4n) is 4.82. The molecule has 0 radical (unpaired) electrons. The van der Waals surface area contributed by atoms with E-state index in [1.54, 1.807) is 17.1 Å². The van der Waals surface area contributed by atoms with Crippen molar-refractivity contribution in [2.75, 3.05) is 19.6 Å². The van der Waals surface area contributed by atoms with Gasteiger partial charge in [0, 0.05) is 16.4 Å². The zero-order valence-corrected chi connectivity index (χ0v) is 24.0. The number of thiophene rings is 1. The van der Waals surface area contributed by atoms with Gasteiger partial charge in [0.1, 0.15) is 22.4 Å². The zero-order valence-electron chi connectivity index (χ0n) is 22.4. The van der Waals surface area contributed by atoms with Gasteiger partial charge in [-0.05, 0) is 75.6 Å². The van der Waals surface area contributed by atoms with Gasteiger partial charge >= 0.3 is 12.1 Å². The number of fused-ring (bicyclic) bond motifs is 2. The summed E-state index contributed by atoms with van der Waals surface area (Å²) in [5.41, 5.74) is 3.91. The van der Waals surface area contributed by atoms with Gasteiger partial charge < -0.3 is 14.6 Å². The molecule has 1 aliphatic rings. The zero-order chi connectivity index (χ0) is 30.0. The van der Waals surface area contributed by atoms with E-state index in [2.05, 4.69) is 14.5 Å². The molecule has 42 heavy (non-hydrogen) atoms. The van der Waals surface area contributed by atoms with Crippen LogP contribution in [0, 0.1) is 6.92 Å². The van der Waals surface area contributed by atoms with Crippen LogP contribution in [0.2, 0.25) is 5.02 Å². The van der Waals surface area contributed by atoms with Gasteiger partial charge in [0.05, 0.1) is 17.4 Å². The summed E-state index contributed by atoms with van der Waals surface area (Å²) < 4.78 is 36.1. The molecule has 9 nitrogen and oxygen atoms in total. The Morgan fingerprint density at radius 2 is 1.76 bits per heavy atom. The summed E-state index contributed by atoms with van der Waals surface area (Å²) in [6, 6.07) is 11.5. The fourth-order valence-corrected chi connectivity index (χ4v) is 6.00.